The minimum absolute atomic E-state index is 0.183. The molecule has 104 valence electrons. The number of hydrogen-bond acceptors (Lipinski definition) is 2. The number of carboxylic acid groups (broad SMARTS) is 1. The number of methoxy groups -OCH3 is 1. The maximum absolute atomic E-state index is 10.6. The summed E-state index contributed by atoms with van der Waals surface area (Å²) in [6.07, 6.45) is 4.85. The van der Waals surface area contributed by atoms with Crippen LogP contribution in [-0.2, 0) is 11.2 Å². The third-order valence-electron chi connectivity index (χ3n) is 3.09. The van der Waals surface area contributed by atoms with Crippen LogP contribution in [0.3, 0.4) is 0 Å². The normalized spacial score (nSPS) is 12.7. The molecule has 0 aliphatic heterocycles. The van der Waals surface area contributed by atoms with Crippen molar-refractivity contribution in [1.29, 1.82) is 0 Å². The molecule has 0 saturated heterocycles. The fourth-order valence-electron chi connectivity index (χ4n) is 2.29. The molecule has 0 aromatic heterocycles. The number of allylic oxidation sites excluding steroid dienone is 2. The van der Waals surface area contributed by atoms with Gasteiger partial charge in [-0.15, -0.1) is 0 Å². The second-order valence-electron chi connectivity index (χ2n) is 4.15. The van der Waals surface area contributed by atoms with Gasteiger partial charge in [0.05, 0.1) is 7.11 Å². The quantitative estimate of drug-likeness (QED) is 0.894. The molecule has 0 bridgehead atoms. The van der Waals surface area contributed by atoms with Crippen molar-refractivity contribution in [1.82, 2.24) is 0 Å². The number of ether oxygens (including phenoxy) is 1. The molecule has 0 spiro atoms. The van der Waals surface area contributed by atoms with E-state index in [1.807, 2.05) is 32.0 Å². The first kappa shape index (κ1) is 15.3. The van der Waals surface area contributed by atoms with E-state index < -0.39 is 5.97 Å². The van der Waals surface area contributed by atoms with E-state index in [1.165, 1.54) is 5.56 Å². The molecule has 2 rings (SSSR count). The Morgan fingerprint density at radius 1 is 1.37 bits per heavy atom. The van der Waals surface area contributed by atoms with Gasteiger partial charge in [-0.1, -0.05) is 32.1 Å². The molecule has 0 heterocycles. The number of aliphatic carboxylic acids is 1. The van der Waals surface area contributed by atoms with Gasteiger partial charge < -0.3 is 9.84 Å². The summed E-state index contributed by atoms with van der Waals surface area (Å²) >= 11 is 0. The van der Waals surface area contributed by atoms with Gasteiger partial charge in [0.25, 0.3) is 0 Å². The maximum atomic E-state index is 10.6. The van der Waals surface area contributed by atoms with Crippen molar-refractivity contribution < 1.29 is 14.6 Å². The molecule has 1 aliphatic carbocycles. The summed E-state index contributed by atoms with van der Waals surface area (Å²) < 4.78 is 5.34. The number of carbonyl (C=O) groups is 1. The molecule has 3 heteroatoms. The van der Waals surface area contributed by atoms with E-state index in [9.17, 15) is 4.79 Å². The molecule has 0 radical (unpaired) electrons. The number of rotatable bonds is 4. The molecule has 3 nitrogen and oxygen atoms in total. The lowest BCUT2D eigenvalue weighted by Gasteiger charge is -2.19. The second kappa shape index (κ2) is 7.62. The van der Waals surface area contributed by atoms with E-state index in [4.69, 9.17) is 9.84 Å². The van der Waals surface area contributed by atoms with E-state index in [2.05, 4.69) is 6.08 Å². The smallest absolute Gasteiger partial charge is 0.303 e. The fraction of sp³-hybridized carbons (Fsp3) is 0.438. The van der Waals surface area contributed by atoms with Gasteiger partial charge in [-0.3, -0.25) is 4.79 Å². The molecule has 0 unspecified atom stereocenters. The summed E-state index contributed by atoms with van der Waals surface area (Å²) in [4.78, 5) is 10.6. The lowest BCUT2D eigenvalue weighted by atomic mass is 9.88. The Morgan fingerprint density at radius 3 is 2.74 bits per heavy atom. The van der Waals surface area contributed by atoms with Crippen molar-refractivity contribution in [3.05, 3.63) is 35.4 Å². The Labute approximate surface area is 114 Å². The van der Waals surface area contributed by atoms with Crippen molar-refractivity contribution in [3.63, 3.8) is 0 Å². The Morgan fingerprint density at radius 2 is 2.11 bits per heavy atom. The highest BCUT2D eigenvalue weighted by Crippen LogP contribution is 2.34. The van der Waals surface area contributed by atoms with Crippen LogP contribution in [0.4, 0.5) is 0 Å². The Kier molecular flexibility index (Phi) is 6.13. The third kappa shape index (κ3) is 3.85. The molecule has 0 amide bonds. The van der Waals surface area contributed by atoms with Crippen LogP contribution in [0.2, 0.25) is 0 Å². The highest BCUT2D eigenvalue weighted by atomic mass is 16.5. The van der Waals surface area contributed by atoms with Crippen molar-refractivity contribution in [2.45, 2.75) is 39.5 Å². The van der Waals surface area contributed by atoms with Crippen LogP contribution < -0.4 is 4.74 Å². The Hall–Kier alpha value is -1.77. The van der Waals surface area contributed by atoms with Crippen LogP contribution in [-0.4, -0.2) is 18.2 Å². The van der Waals surface area contributed by atoms with Crippen LogP contribution in [0.15, 0.2) is 24.3 Å². The maximum Gasteiger partial charge on any atom is 0.303 e. The van der Waals surface area contributed by atoms with Gasteiger partial charge in [0, 0.05) is 12.0 Å². The summed E-state index contributed by atoms with van der Waals surface area (Å²) in [5, 5.41) is 8.74. The lowest BCUT2D eigenvalue weighted by molar-refractivity contribution is -0.136. The highest BCUT2D eigenvalue weighted by molar-refractivity contribution is 5.76. The second-order valence-corrected chi connectivity index (χ2v) is 4.15. The van der Waals surface area contributed by atoms with Gasteiger partial charge >= 0.3 is 5.97 Å². The van der Waals surface area contributed by atoms with E-state index in [0.29, 0.717) is 6.42 Å². The minimum Gasteiger partial charge on any atom is -0.496 e. The zero-order valence-electron chi connectivity index (χ0n) is 11.9. The molecule has 0 saturated carbocycles. The first-order valence-electron chi connectivity index (χ1n) is 6.79. The highest BCUT2D eigenvalue weighted by Gasteiger charge is 2.16. The number of benzene rings is 1. The van der Waals surface area contributed by atoms with E-state index in [0.717, 1.165) is 29.7 Å². The van der Waals surface area contributed by atoms with Crippen LogP contribution in [0.25, 0.3) is 5.57 Å². The van der Waals surface area contributed by atoms with E-state index in [-0.39, 0.29) is 6.42 Å². The summed E-state index contributed by atoms with van der Waals surface area (Å²) in [6, 6.07) is 5.96. The van der Waals surface area contributed by atoms with Gasteiger partial charge in [-0.2, -0.15) is 0 Å². The molecular weight excluding hydrogens is 240 g/mol. The number of hydrogen-bond donors (Lipinski definition) is 1. The van der Waals surface area contributed by atoms with Crippen molar-refractivity contribution in [2.24, 2.45) is 0 Å². The molecule has 1 aliphatic rings. The summed E-state index contributed by atoms with van der Waals surface area (Å²) in [5.41, 5.74) is 3.49. The van der Waals surface area contributed by atoms with E-state index in [1.54, 1.807) is 7.11 Å². The van der Waals surface area contributed by atoms with Crippen LogP contribution >= 0.6 is 0 Å². The molecule has 1 aromatic rings. The molecule has 0 atom stereocenters. The zero-order chi connectivity index (χ0) is 14.3. The van der Waals surface area contributed by atoms with Crippen molar-refractivity contribution in [2.75, 3.05) is 7.11 Å². The molecule has 19 heavy (non-hydrogen) atoms. The molecule has 1 N–H and O–H groups in total. The van der Waals surface area contributed by atoms with E-state index >= 15 is 0 Å². The van der Waals surface area contributed by atoms with Crippen molar-refractivity contribution >= 4 is 11.5 Å². The Bertz CT molecular complexity index is 461. The van der Waals surface area contributed by atoms with Gasteiger partial charge in [0.2, 0.25) is 0 Å². The molecule has 0 fully saturated rings. The largest absolute Gasteiger partial charge is 0.496 e. The monoisotopic (exact) mass is 262 g/mol. The zero-order valence-corrected chi connectivity index (χ0v) is 11.9. The summed E-state index contributed by atoms with van der Waals surface area (Å²) in [7, 11) is 1.67. The standard InChI is InChI=1S/C14H16O3.C2H6/c1-17-13-7-3-5-11-10(8-9-14(15)16)4-2-6-12(11)13;1-2/h3-5,7H,2,6,8-9H2,1H3,(H,15,16);1-2H3. The molecular formula is C16H22O3. The predicted molar refractivity (Wildman–Crippen MR) is 77.5 cm³/mol. The lowest BCUT2D eigenvalue weighted by Crippen LogP contribution is -2.04. The summed E-state index contributed by atoms with van der Waals surface area (Å²) in [5.74, 6) is 0.157. The first-order valence-corrected chi connectivity index (χ1v) is 6.79. The number of fused-ring (bicyclic) bond motifs is 1. The Balaban J connectivity index is 0.000000861. The van der Waals surface area contributed by atoms with Gasteiger partial charge in [-0.25, -0.2) is 0 Å². The minimum atomic E-state index is -0.749. The van der Waals surface area contributed by atoms with Crippen LogP contribution in [0.1, 0.15) is 44.2 Å². The topological polar surface area (TPSA) is 46.5 Å². The fourth-order valence-corrected chi connectivity index (χ4v) is 2.29. The summed E-state index contributed by atoms with van der Waals surface area (Å²) in [6.45, 7) is 4.00. The predicted octanol–water partition coefficient (Wildman–Crippen LogP) is 3.92. The third-order valence-corrected chi connectivity index (χ3v) is 3.09. The van der Waals surface area contributed by atoms with Crippen LogP contribution in [0, 0.1) is 0 Å². The number of carboxylic acids is 1. The molecule has 1 aromatic carbocycles. The average molecular weight is 262 g/mol. The van der Waals surface area contributed by atoms with Gasteiger partial charge in [0.15, 0.2) is 0 Å². The van der Waals surface area contributed by atoms with Gasteiger partial charge in [0.1, 0.15) is 5.75 Å². The van der Waals surface area contributed by atoms with Crippen LogP contribution in [0.5, 0.6) is 5.75 Å². The van der Waals surface area contributed by atoms with Crippen molar-refractivity contribution in [3.8, 4) is 5.75 Å². The first-order chi connectivity index (χ1) is 9.22. The van der Waals surface area contributed by atoms with Gasteiger partial charge in [-0.05, 0) is 36.5 Å². The SMILES string of the molecule is CC.COc1cccc2c1CCC=C2CCC(=O)O. The average Bonchev–Trinajstić information content (AvgIpc) is 2.46.